The Morgan fingerprint density at radius 1 is 1.03 bits per heavy atom. The summed E-state index contributed by atoms with van der Waals surface area (Å²) in [6.45, 7) is 3.09. The third-order valence-electron chi connectivity index (χ3n) is 7.44. The van der Waals surface area contributed by atoms with Gasteiger partial charge in [-0.2, -0.15) is 0 Å². The maximum atomic E-state index is 13.5. The summed E-state index contributed by atoms with van der Waals surface area (Å²) >= 11 is 0. The highest BCUT2D eigenvalue weighted by Gasteiger charge is 2.57. The first kappa shape index (κ1) is 20.9. The standard InChI is InChI=1S/C25H29N3O4/c1-16(30)28-22-19(20(15-29)23(28)25(32)26-12-6-3-7-13-26)14-27-21(22)11-10-18(24(27)31)17-8-4-2-5-9-17/h2,4-5,8-11,19-20,22-23,29H,3,6-7,12-15H2,1H3/t19-,20-,22+,23-/m1/s1. The third-order valence-corrected chi connectivity index (χ3v) is 7.44. The second-order valence-corrected chi connectivity index (χ2v) is 9.17. The van der Waals surface area contributed by atoms with Crippen LogP contribution in [0.5, 0.6) is 0 Å². The molecule has 2 aromatic rings. The number of likely N-dealkylation sites (tertiary alicyclic amines) is 2. The molecule has 1 N–H and O–H groups in total. The molecule has 5 rings (SSSR count). The van der Waals surface area contributed by atoms with E-state index in [-0.39, 0.29) is 35.9 Å². The molecule has 32 heavy (non-hydrogen) atoms. The maximum absolute atomic E-state index is 13.5. The summed E-state index contributed by atoms with van der Waals surface area (Å²) in [6, 6.07) is 12.2. The van der Waals surface area contributed by atoms with Gasteiger partial charge < -0.3 is 19.5 Å². The van der Waals surface area contributed by atoms with E-state index < -0.39 is 12.0 Å². The van der Waals surface area contributed by atoms with E-state index in [1.165, 1.54) is 6.92 Å². The van der Waals surface area contributed by atoms with Gasteiger partial charge in [0.05, 0.1) is 6.04 Å². The zero-order valence-electron chi connectivity index (χ0n) is 18.3. The molecule has 0 unspecified atom stereocenters. The number of carbonyl (C=O) groups is 2. The van der Waals surface area contributed by atoms with Crippen molar-refractivity contribution in [2.45, 2.75) is 44.8 Å². The number of nitrogens with zero attached hydrogens (tertiary/aromatic N) is 3. The second-order valence-electron chi connectivity index (χ2n) is 9.17. The van der Waals surface area contributed by atoms with E-state index in [4.69, 9.17) is 0 Å². The number of aliphatic hydroxyl groups is 1. The number of hydrogen-bond donors (Lipinski definition) is 1. The van der Waals surface area contributed by atoms with Gasteiger partial charge in [-0.25, -0.2) is 0 Å². The van der Waals surface area contributed by atoms with Crippen LogP contribution >= 0.6 is 0 Å². The number of rotatable bonds is 3. The largest absolute Gasteiger partial charge is 0.396 e. The number of aliphatic hydroxyl groups excluding tert-OH is 1. The number of carbonyl (C=O) groups excluding carboxylic acids is 2. The average molecular weight is 436 g/mol. The first-order chi connectivity index (χ1) is 15.5. The lowest BCUT2D eigenvalue weighted by molar-refractivity contribution is -0.146. The summed E-state index contributed by atoms with van der Waals surface area (Å²) in [5.74, 6) is -0.818. The highest BCUT2D eigenvalue weighted by molar-refractivity contribution is 5.88. The SMILES string of the molecule is CC(=O)N1[C@@H]2c3ccc(-c4ccccc4)c(=O)n3C[C@@H]2[C@@H](CO)[C@@H]1C(=O)N1CCCCC1. The van der Waals surface area contributed by atoms with Crippen molar-refractivity contribution in [2.75, 3.05) is 19.7 Å². The van der Waals surface area contributed by atoms with Crippen molar-refractivity contribution in [3.63, 3.8) is 0 Å². The van der Waals surface area contributed by atoms with E-state index in [1.807, 2.05) is 47.4 Å². The molecule has 1 aromatic carbocycles. The first-order valence-electron chi connectivity index (χ1n) is 11.5. The van der Waals surface area contributed by atoms with Crippen LogP contribution in [0, 0.1) is 11.8 Å². The lowest BCUT2D eigenvalue weighted by atomic mass is 9.88. The van der Waals surface area contributed by atoms with Crippen LogP contribution < -0.4 is 5.56 Å². The monoisotopic (exact) mass is 435 g/mol. The molecule has 3 aliphatic rings. The minimum atomic E-state index is -0.678. The Morgan fingerprint density at radius 3 is 2.41 bits per heavy atom. The molecule has 0 aliphatic carbocycles. The second kappa shape index (κ2) is 8.20. The molecule has 168 valence electrons. The van der Waals surface area contributed by atoms with E-state index in [1.54, 1.807) is 9.47 Å². The smallest absolute Gasteiger partial charge is 0.258 e. The van der Waals surface area contributed by atoms with Crippen LogP contribution in [0.1, 0.15) is 37.9 Å². The quantitative estimate of drug-likeness (QED) is 0.800. The number of fused-ring (bicyclic) bond motifs is 3. The molecule has 2 amide bonds. The lowest BCUT2D eigenvalue weighted by Crippen LogP contribution is -2.52. The van der Waals surface area contributed by atoms with Gasteiger partial charge in [0.25, 0.3) is 5.56 Å². The van der Waals surface area contributed by atoms with Crippen LogP contribution in [-0.4, -0.2) is 57.0 Å². The third kappa shape index (κ3) is 3.18. The maximum Gasteiger partial charge on any atom is 0.258 e. The van der Waals surface area contributed by atoms with E-state index in [0.717, 1.165) is 30.5 Å². The van der Waals surface area contributed by atoms with Crippen molar-refractivity contribution in [1.29, 1.82) is 0 Å². The van der Waals surface area contributed by atoms with E-state index in [0.29, 0.717) is 25.2 Å². The van der Waals surface area contributed by atoms with Crippen LogP contribution in [0.4, 0.5) is 0 Å². The molecule has 0 radical (unpaired) electrons. The minimum Gasteiger partial charge on any atom is -0.396 e. The first-order valence-corrected chi connectivity index (χ1v) is 11.5. The van der Waals surface area contributed by atoms with Crippen LogP contribution in [0.3, 0.4) is 0 Å². The molecule has 7 heteroatoms. The number of piperidine rings is 1. The van der Waals surface area contributed by atoms with E-state index in [2.05, 4.69) is 0 Å². The van der Waals surface area contributed by atoms with Gasteiger partial charge in [-0.15, -0.1) is 0 Å². The van der Waals surface area contributed by atoms with Crippen LogP contribution in [0.2, 0.25) is 0 Å². The molecule has 2 fully saturated rings. The molecular weight excluding hydrogens is 406 g/mol. The van der Waals surface area contributed by atoms with Crippen LogP contribution in [-0.2, 0) is 16.1 Å². The van der Waals surface area contributed by atoms with E-state index in [9.17, 15) is 19.5 Å². The Bertz CT molecular complexity index is 1090. The zero-order valence-corrected chi connectivity index (χ0v) is 18.3. The van der Waals surface area contributed by atoms with Gasteiger partial charge in [-0.3, -0.25) is 14.4 Å². The number of pyridine rings is 1. The van der Waals surface area contributed by atoms with Crippen molar-refractivity contribution in [3.8, 4) is 11.1 Å². The summed E-state index contributed by atoms with van der Waals surface area (Å²) in [5.41, 5.74) is 2.12. The molecule has 4 atom stereocenters. The fourth-order valence-corrected chi connectivity index (χ4v) is 5.97. The zero-order chi connectivity index (χ0) is 22.4. The topological polar surface area (TPSA) is 82.9 Å². The molecule has 2 saturated heterocycles. The molecular formula is C25H29N3O4. The van der Waals surface area contributed by atoms with Crippen molar-refractivity contribution < 1.29 is 14.7 Å². The van der Waals surface area contributed by atoms with Gasteiger partial charge in [-0.1, -0.05) is 30.3 Å². The number of hydrogen-bond acceptors (Lipinski definition) is 4. The van der Waals surface area contributed by atoms with Crippen molar-refractivity contribution >= 4 is 11.8 Å². The fraction of sp³-hybridized carbons (Fsp3) is 0.480. The van der Waals surface area contributed by atoms with Gasteiger partial charge in [0.15, 0.2) is 0 Å². The summed E-state index contributed by atoms with van der Waals surface area (Å²) < 4.78 is 1.73. The Kier molecular flexibility index (Phi) is 5.37. The van der Waals surface area contributed by atoms with Crippen LogP contribution in [0.25, 0.3) is 11.1 Å². The highest BCUT2D eigenvalue weighted by atomic mass is 16.3. The van der Waals surface area contributed by atoms with Crippen molar-refractivity contribution in [3.05, 3.63) is 58.5 Å². The lowest BCUT2D eigenvalue weighted by Gasteiger charge is -2.35. The normalized spacial score (nSPS) is 26.7. The van der Waals surface area contributed by atoms with Gasteiger partial charge in [0.1, 0.15) is 6.04 Å². The summed E-state index contributed by atoms with van der Waals surface area (Å²) in [7, 11) is 0. The van der Waals surface area contributed by atoms with Crippen molar-refractivity contribution in [1.82, 2.24) is 14.4 Å². The molecule has 3 aliphatic heterocycles. The Morgan fingerprint density at radius 2 is 1.75 bits per heavy atom. The minimum absolute atomic E-state index is 0.0665. The van der Waals surface area contributed by atoms with Gasteiger partial charge in [-0.05, 0) is 37.0 Å². The number of amides is 2. The average Bonchev–Trinajstić information content (AvgIpc) is 3.35. The molecule has 4 heterocycles. The molecule has 1 aromatic heterocycles. The summed E-state index contributed by atoms with van der Waals surface area (Å²) in [6.07, 6.45) is 3.05. The molecule has 0 spiro atoms. The van der Waals surface area contributed by atoms with E-state index >= 15 is 0 Å². The highest BCUT2D eigenvalue weighted by Crippen LogP contribution is 2.49. The Hall–Kier alpha value is -2.93. The van der Waals surface area contributed by atoms with Gasteiger partial charge in [0.2, 0.25) is 11.8 Å². The van der Waals surface area contributed by atoms with Crippen molar-refractivity contribution in [2.24, 2.45) is 11.8 Å². The molecule has 0 saturated carbocycles. The molecule has 0 bridgehead atoms. The Labute approximate surface area is 187 Å². The molecule has 7 nitrogen and oxygen atoms in total. The van der Waals surface area contributed by atoms with Crippen LogP contribution in [0.15, 0.2) is 47.3 Å². The predicted molar refractivity (Wildman–Crippen MR) is 120 cm³/mol. The summed E-state index contributed by atoms with van der Waals surface area (Å²) in [4.78, 5) is 43.1. The van der Waals surface area contributed by atoms with Gasteiger partial charge >= 0.3 is 0 Å². The number of benzene rings is 1. The Balaban J connectivity index is 1.55. The predicted octanol–water partition coefficient (Wildman–Crippen LogP) is 2.04. The summed E-state index contributed by atoms with van der Waals surface area (Å²) in [5, 5.41) is 10.3. The van der Waals surface area contributed by atoms with Gasteiger partial charge in [0, 0.05) is 56.3 Å². The fourth-order valence-electron chi connectivity index (χ4n) is 5.97. The number of aromatic nitrogens is 1.